The summed E-state index contributed by atoms with van der Waals surface area (Å²) >= 11 is 1.53. The van der Waals surface area contributed by atoms with Crippen LogP contribution >= 0.6 is 35.3 Å². The van der Waals surface area contributed by atoms with Crippen LogP contribution < -0.4 is 16.0 Å². The fourth-order valence-corrected chi connectivity index (χ4v) is 3.87. The molecule has 0 amide bonds. The van der Waals surface area contributed by atoms with Crippen LogP contribution in [0.2, 0.25) is 0 Å². The maximum Gasteiger partial charge on any atom is 0.419 e. The monoisotopic (exact) mass is 565 g/mol. The minimum atomic E-state index is -4.47. The molecule has 2 aromatic heterocycles. The Labute approximate surface area is 199 Å². The second kappa shape index (κ2) is 11.5. The lowest BCUT2D eigenvalue weighted by molar-refractivity contribution is -0.137. The lowest BCUT2D eigenvalue weighted by Crippen LogP contribution is -2.41. The molecule has 0 saturated carbocycles. The van der Waals surface area contributed by atoms with E-state index in [2.05, 4.69) is 25.9 Å². The number of nitrogens with one attached hydrogen (secondary N) is 3. The Kier molecular flexibility index (Phi) is 9.32. The SMILES string of the molecule is CN=C(NCCNc1ncccc1C(F)(F)F)NCC(O)c1cc2ccccc2s1.I. The molecule has 0 fully saturated rings. The van der Waals surface area contributed by atoms with Crippen molar-refractivity contribution in [2.45, 2.75) is 12.3 Å². The molecule has 3 aromatic rings. The molecule has 2 heterocycles. The second-order valence-electron chi connectivity index (χ2n) is 6.41. The highest BCUT2D eigenvalue weighted by Gasteiger charge is 2.33. The van der Waals surface area contributed by atoms with E-state index in [9.17, 15) is 18.3 Å². The summed E-state index contributed by atoms with van der Waals surface area (Å²) in [5.41, 5.74) is -0.807. The zero-order valence-electron chi connectivity index (χ0n) is 16.6. The van der Waals surface area contributed by atoms with E-state index in [1.54, 1.807) is 7.05 Å². The van der Waals surface area contributed by atoms with Crippen molar-refractivity contribution in [2.24, 2.45) is 4.99 Å². The molecule has 11 heteroatoms. The third-order valence-electron chi connectivity index (χ3n) is 4.28. The van der Waals surface area contributed by atoms with E-state index >= 15 is 0 Å². The Hall–Kier alpha value is -2.12. The second-order valence-corrected chi connectivity index (χ2v) is 7.52. The molecule has 1 unspecified atom stereocenters. The predicted molar refractivity (Wildman–Crippen MR) is 129 cm³/mol. The molecule has 31 heavy (non-hydrogen) atoms. The van der Waals surface area contributed by atoms with Crippen LogP contribution in [0.5, 0.6) is 0 Å². The quantitative estimate of drug-likeness (QED) is 0.149. The number of anilines is 1. The first-order valence-corrected chi connectivity index (χ1v) is 10.1. The largest absolute Gasteiger partial charge is 0.419 e. The molecule has 0 saturated heterocycles. The summed E-state index contributed by atoms with van der Waals surface area (Å²) in [5, 5.41) is 20.2. The lowest BCUT2D eigenvalue weighted by atomic mass is 10.2. The van der Waals surface area contributed by atoms with Crippen molar-refractivity contribution in [3.63, 3.8) is 0 Å². The van der Waals surface area contributed by atoms with Gasteiger partial charge in [-0.05, 0) is 29.7 Å². The summed E-state index contributed by atoms with van der Waals surface area (Å²) in [6.45, 7) is 0.768. The van der Waals surface area contributed by atoms with E-state index in [0.717, 1.165) is 21.0 Å². The summed E-state index contributed by atoms with van der Waals surface area (Å²) in [4.78, 5) is 8.66. The Bertz CT molecular complexity index is 979. The van der Waals surface area contributed by atoms with E-state index in [-0.39, 0.29) is 42.9 Å². The zero-order valence-corrected chi connectivity index (χ0v) is 19.8. The number of pyridine rings is 1. The fourth-order valence-electron chi connectivity index (χ4n) is 2.82. The molecular formula is C20H23F3IN5OS. The molecule has 168 valence electrons. The molecule has 1 aromatic carbocycles. The smallest absolute Gasteiger partial charge is 0.386 e. The van der Waals surface area contributed by atoms with Crippen LogP contribution in [0.25, 0.3) is 10.1 Å². The van der Waals surface area contributed by atoms with E-state index < -0.39 is 17.8 Å². The Morgan fingerprint density at radius 1 is 1.16 bits per heavy atom. The molecule has 0 aliphatic heterocycles. The van der Waals surface area contributed by atoms with Gasteiger partial charge in [0.2, 0.25) is 0 Å². The van der Waals surface area contributed by atoms with Crippen molar-refractivity contribution in [2.75, 3.05) is 32.0 Å². The first-order valence-electron chi connectivity index (χ1n) is 9.25. The number of alkyl halides is 3. The summed E-state index contributed by atoms with van der Waals surface area (Å²) in [7, 11) is 1.58. The number of thiophene rings is 1. The standard InChI is InChI=1S/C20H22F3N5OS.HI/c1-24-19(27-10-9-26-18-14(20(21,22)23)6-4-8-25-18)28-12-15(29)17-11-13-5-2-3-7-16(13)30-17;/h2-8,11,15,29H,9-10,12H2,1H3,(H,25,26)(H2,24,27,28);1H. The van der Waals surface area contributed by atoms with Gasteiger partial charge < -0.3 is 21.1 Å². The molecule has 0 aliphatic carbocycles. The van der Waals surface area contributed by atoms with Crippen molar-refractivity contribution in [3.05, 3.63) is 59.1 Å². The van der Waals surface area contributed by atoms with E-state index in [4.69, 9.17) is 0 Å². The van der Waals surface area contributed by atoms with Crippen LogP contribution in [0.1, 0.15) is 16.5 Å². The summed E-state index contributed by atoms with van der Waals surface area (Å²) in [5.74, 6) is 0.226. The van der Waals surface area contributed by atoms with Crippen molar-refractivity contribution < 1.29 is 18.3 Å². The molecule has 0 spiro atoms. The van der Waals surface area contributed by atoms with E-state index in [1.807, 2.05) is 30.3 Å². The van der Waals surface area contributed by atoms with Crippen LogP contribution in [-0.2, 0) is 6.18 Å². The molecule has 1 atom stereocenters. The van der Waals surface area contributed by atoms with Crippen molar-refractivity contribution in [3.8, 4) is 0 Å². The summed E-state index contributed by atoms with van der Waals surface area (Å²) < 4.78 is 40.0. The van der Waals surface area contributed by atoms with E-state index in [1.165, 1.54) is 23.6 Å². The number of guanidine groups is 1. The number of aliphatic imine (C=N–C) groups is 1. The molecule has 4 N–H and O–H groups in total. The van der Waals surface area contributed by atoms with Crippen LogP contribution in [0, 0.1) is 0 Å². The van der Waals surface area contributed by atoms with Gasteiger partial charge in [-0.1, -0.05) is 18.2 Å². The van der Waals surface area contributed by atoms with Crippen molar-refractivity contribution in [1.82, 2.24) is 15.6 Å². The maximum atomic E-state index is 13.0. The Morgan fingerprint density at radius 3 is 2.65 bits per heavy atom. The van der Waals surface area contributed by atoms with E-state index in [0.29, 0.717) is 12.5 Å². The van der Waals surface area contributed by atoms with Crippen molar-refractivity contribution in [1.29, 1.82) is 0 Å². The normalized spacial score (nSPS) is 12.9. The molecule has 3 rings (SSSR count). The Balaban J connectivity index is 0.00000341. The van der Waals surface area contributed by atoms with Gasteiger partial charge in [0, 0.05) is 42.5 Å². The van der Waals surface area contributed by atoms with Crippen LogP contribution in [0.4, 0.5) is 19.0 Å². The van der Waals surface area contributed by atoms with Crippen LogP contribution in [-0.4, -0.2) is 42.7 Å². The van der Waals surface area contributed by atoms with Gasteiger partial charge in [-0.25, -0.2) is 4.98 Å². The minimum Gasteiger partial charge on any atom is -0.386 e. The zero-order chi connectivity index (χ0) is 21.6. The first-order chi connectivity index (χ1) is 14.4. The third kappa shape index (κ3) is 6.94. The highest BCUT2D eigenvalue weighted by atomic mass is 127. The van der Waals surface area contributed by atoms with Gasteiger partial charge in [-0.3, -0.25) is 4.99 Å². The summed E-state index contributed by atoms with van der Waals surface area (Å²) in [6, 6.07) is 12.1. The minimum absolute atomic E-state index is 0. The number of aliphatic hydroxyl groups excluding tert-OH is 1. The Morgan fingerprint density at radius 2 is 1.94 bits per heavy atom. The first kappa shape index (κ1) is 25.1. The number of rotatable bonds is 7. The number of benzene rings is 1. The number of hydrogen-bond donors (Lipinski definition) is 4. The third-order valence-corrected chi connectivity index (χ3v) is 5.50. The number of hydrogen-bond acceptors (Lipinski definition) is 5. The number of fused-ring (bicyclic) bond motifs is 1. The maximum absolute atomic E-state index is 13.0. The predicted octanol–water partition coefficient (Wildman–Crippen LogP) is 4.24. The van der Waals surface area contributed by atoms with Crippen molar-refractivity contribution >= 4 is 57.2 Å². The lowest BCUT2D eigenvalue weighted by Gasteiger charge is -2.16. The molecule has 6 nitrogen and oxygen atoms in total. The molecule has 0 radical (unpaired) electrons. The van der Waals surface area contributed by atoms with Gasteiger partial charge >= 0.3 is 6.18 Å². The van der Waals surface area contributed by atoms with Gasteiger partial charge in [0.05, 0.1) is 5.56 Å². The summed E-state index contributed by atoms with van der Waals surface area (Å²) in [6.07, 6.45) is -3.87. The molecular weight excluding hydrogens is 542 g/mol. The molecule has 0 aliphatic rings. The number of nitrogens with zero attached hydrogens (tertiary/aromatic N) is 2. The van der Waals surface area contributed by atoms with Crippen LogP contribution in [0.15, 0.2) is 53.7 Å². The number of halogens is 4. The number of aromatic nitrogens is 1. The topological polar surface area (TPSA) is 81.6 Å². The van der Waals surface area contributed by atoms with Gasteiger partial charge in [0.25, 0.3) is 0 Å². The molecule has 0 bridgehead atoms. The average Bonchev–Trinajstić information content (AvgIpc) is 3.17. The van der Waals surface area contributed by atoms with Gasteiger partial charge in [0.1, 0.15) is 11.9 Å². The highest BCUT2D eigenvalue weighted by molar-refractivity contribution is 14.0. The van der Waals surface area contributed by atoms with Gasteiger partial charge in [0.15, 0.2) is 5.96 Å². The van der Waals surface area contributed by atoms with Gasteiger partial charge in [-0.2, -0.15) is 13.2 Å². The highest BCUT2D eigenvalue weighted by Crippen LogP contribution is 2.33. The fraction of sp³-hybridized carbons (Fsp3) is 0.300. The van der Waals surface area contributed by atoms with Gasteiger partial charge in [-0.15, -0.1) is 35.3 Å². The number of aliphatic hydroxyl groups is 1. The average molecular weight is 565 g/mol. The van der Waals surface area contributed by atoms with Crippen LogP contribution in [0.3, 0.4) is 0 Å².